The predicted octanol–water partition coefficient (Wildman–Crippen LogP) is 4.69. The Bertz CT molecular complexity index is 1220. The number of amides is 3. The van der Waals surface area contributed by atoms with Crippen molar-refractivity contribution in [2.75, 3.05) is 6.61 Å². The average molecular weight is 502 g/mol. The third-order valence-electron chi connectivity index (χ3n) is 5.92. The number of hydrogen-bond acceptors (Lipinski definition) is 5. The van der Waals surface area contributed by atoms with Crippen molar-refractivity contribution in [3.63, 3.8) is 0 Å². The van der Waals surface area contributed by atoms with Crippen molar-refractivity contribution in [1.29, 1.82) is 0 Å². The summed E-state index contributed by atoms with van der Waals surface area (Å²) < 4.78 is 10.8. The summed E-state index contributed by atoms with van der Waals surface area (Å²) in [4.78, 5) is 37.7. The van der Waals surface area contributed by atoms with Gasteiger partial charge in [-0.25, -0.2) is 15.0 Å². The zero-order chi connectivity index (χ0) is 26.4. The smallest absolute Gasteiger partial charge is 0.426 e. The number of carbonyl (C=O) groups is 3. The predicted molar refractivity (Wildman–Crippen MR) is 140 cm³/mol. The third-order valence-corrected chi connectivity index (χ3v) is 5.92. The van der Waals surface area contributed by atoms with E-state index in [0.29, 0.717) is 0 Å². The van der Waals surface area contributed by atoms with Crippen LogP contribution in [0.25, 0.3) is 11.1 Å². The molecule has 3 N–H and O–H groups in total. The number of alkyl carbamates (subject to hydrolysis) is 1. The fourth-order valence-electron chi connectivity index (χ4n) is 4.34. The third kappa shape index (κ3) is 6.67. The van der Waals surface area contributed by atoms with E-state index in [-0.39, 0.29) is 18.9 Å². The molecule has 1 atom stereocenters. The first-order valence-corrected chi connectivity index (χ1v) is 12.2. The molecule has 0 saturated carbocycles. The molecule has 0 aliphatic heterocycles. The molecule has 8 nitrogen and oxygen atoms in total. The van der Waals surface area contributed by atoms with E-state index < -0.39 is 29.7 Å². The lowest BCUT2D eigenvalue weighted by Gasteiger charge is -2.22. The zero-order valence-corrected chi connectivity index (χ0v) is 21.1. The van der Waals surface area contributed by atoms with Crippen molar-refractivity contribution in [2.24, 2.45) is 0 Å². The molecule has 4 rings (SSSR count). The second-order valence-corrected chi connectivity index (χ2v) is 9.83. The van der Waals surface area contributed by atoms with Gasteiger partial charge < -0.3 is 14.8 Å². The van der Waals surface area contributed by atoms with Crippen molar-refractivity contribution in [3.8, 4) is 11.1 Å². The van der Waals surface area contributed by atoms with Gasteiger partial charge in [-0.3, -0.25) is 10.2 Å². The molecule has 0 fully saturated rings. The monoisotopic (exact) mass is 501 g/mol. The van der Waals surface area contributed by atoms with E-state index >= 15 is 0 Å². The van der Waals surface area contributed by atoms with Gasteiger partial charge in [-0.1, -0.05) is 78.9 Å². The maximum Gasteiger partial charge on any atom is 0.426 e. The zero-order valence-electron chi connectivity index (χ0n) is 21.1. The number of benzene rings is 3. The van der Waals surface area contributed by atoms with Gasteiger partial charge in [0.1, 0.15) is 18.2 Å². The topological polar surface area (TPSA) is 106 Å². The molecule has 3 aromatic rings. The van der Waals surface area contributed by atoms with Crippen molar-refractivity contribution in [2.45, 2.75) is 44.8 Å². The van der Waals surface area contributed by atoms with Crippen LogP contribution in [0.2, 0.25) is 0 Å². The van der Waals surface area contributed by atoms with Crippen LogP contribution in [0.15, 0.2) is 78.9 Å². The molecule has 0 spiro atoms. The highest BCUT2D eigenvalue weighted by Gasteiger charge is 2.30. The highest BCUT2D eigenvalue weighted by molar-refractivity contribution is 5.87. The number of rotatable bonds is 6. The second kappa shape index (κ2) is 11.2. The molecule has 0 radical (unpaired) electrons. The van der Waals surface area contributed by atoms with Crippen LogP contribution in [0.5, 0.6) is 0 Å². The van der Waals surface area contributed by atoms with Crippen LogP contribution in [0.4, 0.5) is 9.59 Å². The van der Waals surface area contributed by atoms with Crippen molar-refractivity contribution in [1.82, 2.24) is 16.2 Å². The minimum Gasteiger partial charge on any atom is -0.449 e. The van der Waals surface area contributed by atoms with E-state index in [1.807, 2.05) is 66.7 Å². The van der Waals surface area contributed by atoms with Gasteiger partial charge in [0, 0.05) is 12.3 Å². The van der Waals surface area contributed by atoms with Gasteiger partial charge in [-0.05, 0) is 48.6 Å². The highest BCUT2D eigenvalue weighted by Crippen LogP contribution is 2.44. The van der Waals surface area contributed by atoms with E-state index in [1.165, 1.54) is 0 Å². The molecule has 3 aromatic carbocycles. The Balaban J connectivity index is 1.41. The lowest BCUT2D eigenvalue weighted by molar-refractivity contribution is -0.124. The van der Waals surface area contributed by atoms with Crippen molar-refractivity contribution < 1.29 is 23.9 Å². The van der Waals surface area contributed by atoms with Gasteiger partial charge in [0.25, 0.3) is 5.91 Å². The molecule has 37 heavy (non-hydrogen) atoms. The van der Waals surface area contributed by atoms with Gasteiger partial charge in [0.15, 0.2) is 0 Å². The van der Waals surface area contributed by atoms with Crippen LogP contribution >= 0.6 is 0 Å². The van der Waals surface area contributed by atoms with Crippen LogP contribution in [-0.4, -0.2) is 36.3 Å². The molecule has 1 aliphatic carbocycles. The fraction of sp³-hybridized carbons (Fsp3) is 0.276. The van der Waals surface area contributed by atoms with Gasteiger partial charge in [0.2, 0.25) is 0 Å². The molecule has 192 valence electrons. The molecule has 1 aliphatic rings. The molecular weight excluding hydrogens is 470 g/mol. The Kier molecular flexibility index (Phi) is 7.77. The quantitative estimate of drug-likeness (QED) is 0.425. The molecule has 0 saturated heterocycles. The largest absolute Gasteiger partial charge is 0.449 e. The number of fused-ring (bicyclic) bond motifs is 3. The standard InChI is InChI=1S/C29H31N3O5/c1-29(2,3)37-28(35)32-31-26(33)25(17-19-11-5-4-6-12-19)30-27(34)36-18-24-22-15-9-7-13-20(22)21-14-8-10-16-23(21)24/h4-16,24-25H,17-18H2,1-3H3,(H,30,34)(H,31,33)(H,32,35)/t25-/m0/s1. The summed E-state index contributed by atoms with van der Waals surface area (Å²) in [6.07, 6.45) is -1.33. The normalized spacial score (nSPS) is 13.1. The Labute approximate surface area is 216 Å². The van der Waals surface area contributed by atoms with Gasteiger partial charge >= 0.3 is 12.2 Å². The minimum absolute atomic E-state index is 0.103. The number of hydrogen-bond donors (Lipinski definition) is 3. The highest BCUT2D eigenvalue weighted by atomic mass is 16.6. The Hall–Kier alpha value is -4.33. The molecule has 0 unspecified atom stereocenters. The average Bonchev–Trinajstić information content (AvgIpc) is 3.19. The van der Waals surface area contributed by atoms with E-state index in [4.69, 9.17) is 9.47 Å². The maximum atomic E-state index is 12.9. The summed E-state index contributed by atoms with van der Waals surface area (Å²) in [6.45, 7) is 5.26. The first-order valence-electron chi connectivity index (χ1n) is 12.2. The first kappa shape index (κ1) is 25.8. The van der Waals surface area contributed by atoms with E-state index in [2.05, 4.69) is 28.3 Å². The number of hydrazine groups is 1. The molecule has 0 heterocycles. The minimum atomic E-state index is -0.993. The Morgan fingerprint density at radius 1 is 0.784 bits per heavy atom. The molecular formula is C29H31N3O5. The summed E-state index contributed by atoms with van der Waals surface area (Å²) >= 11 is 0. The summed E-state index contributed by atoms with van der Waals surface area (Å²) in [7, 11) is 0. The first-order chi connectivity index (χ1) is 17.7. The van der Waals surface area contributed by atoms with Crippen LogP contribution in [-0.2, 0) is 20.7 Å². The van der Waals surface area contributed by atoms with Crippen LogP contribution in [0, 0.1) is 0 Å². The van der Waals surface area contributed by atoms with Gasteiger partial charge in [-0.15, -0.1) is 0 Å². The maximum absolute atomic E-state index is 12.9. The molecule has 0 aromatic heterocycles. The number of carbonyl (C=O) groups excluding carboxylic acids is 3. The molecule has 3 amide bonds. The molecule has 8 heteroatoms. The van der Waals surface area contributed by atoms with Crippen molar-refractivity contribution in [3.05, 3.63) is 95.6 Å². The Morgan fingerprint density at radius 3 is 1.95 bits per heavy atom. The molecule has 0 bridgehead atoms. The summed E-state index contributed by atoms with van der Waals surface area (Å²) in [5, 5.41) is 2.64. The van der Waals surface area contributed by atoms with E-state index in [9.17, 15) is 14.4 Å². The number of ether oxygens (including phenoxy) is 2. The van der Waals surface area contributed by atoms with Crippen LogP contribution < -0.4 is 16.2 Å². The Morgan fingerprint density at radius 2 is 1.35 bits per heavy atom. The van der Waals surface area contributed by atoms with Gasteiger partial charge in [0.05, 0.1) is 0 Å². The lowest BCUT2D eigenvalue weighted by Crippen LogP contribution is -2.54. The van der Waals surface area contributed by atoms with Crippen LogP contribution in [0.3, 0.4) is 0 Å². The van der Waals surface area contributed by atoms with Gasteiger partial charge in [-0.2, -0.15) is 0 Å². The van der Waals surface area contributed by atoms with Crippen molar-refractivity contribution >= 4 is 18.1 Å². The lowest BCUT2D eigenvalue weighted by atomic mass is 9.98. The summed E-state index contributed by atoms with van der Waals surface area (Å²) in [5.74, 6) is -0.711. The van der Waals surface area contributed by atoms with Crippen LogP contribution in [0.1, 0.15) is 43.4 Å². The van der Waals surface area contributed by atoms with E-state index in [0.717, 1.165) is 27.8 Å². The summed E-state index contributed by atoms with van der Waals surface area (Å²) in [6, 6.07) is 24.4. The van der Waals surface area contributed by atoms with E-state index in [1.54, 1.807) is 20.8 Å². The summed E-state index contributed by atoms with van der Waals surface area (Å²) in [5.41, 5.74) is 9.09. The second-order valence-electron chi connectivity index (χ2n) is 9.83. The fourth-order valence-corrected chi connectivity index (χ4v) is 4.34. The SMILES string of the molecule is CC(C)(C)OC(=O)NNC(=O)[C@H](Cc1ccccc1)NC(=O)OCC1c2ccccc2-c2ccccc21. The number of nitrogens with one attached hydrogen (secondary N) is 3.